The summed E-state index contributed by atoms with van der Waals surface area (Å²) >= 11 is 0. The Labute approximate surface area is 91.3 Å². The Morgan fingerprint density at radius 3 is 2.80 bits per heavy atom. The average Bonchev–Trinajstić information content (AvgIpc) is 2.27. The molecule has 1 aromatic rings. The molecule has 1 aliphatic rings. The molecular weight excluding hydrogens is 186 g/mol. The first kappa shape index (κ1) is 10.5. The van der Waals surface area contributed by atoms with Crippen molar-refractivity contribution >= 4 is 5.69 Å². The van der Waals surface area contributed by atoms with Gasteiger partial charge in [-0.15, -0.1) is 0 Å². The summed E-state index contributed by atoms with van der Waals surface area (Å²) < 4.78 is 0. The number of aliphatic hydroxyl groups excluding tert-OH is 1. The molecule has 0 bridgehead atoms. The van der Waals surface area contributed by atoms with Crippen LogP contribution in [0.2, 0.25) is 0 Å². The van der Waals surface area contributed by atoms with E-state index in [4.69, 9.17) is 0 Å². The molecule has 0 radical (unpaired) electrons. The summed E-state index contributed by atoms with van der Waals surface area (Å²) in [4.78, 5) is 0. The smallest absolute Gasteiger partial charge is 0.0764 e. The van der Waals surface area contributed by atoms with Gasteiger partial charge in [0.1, 0.15) is 0 Å². The van der Waals surface area contributed by atoms with E-state index in [0.717, 1.165) is 12.8 Å². The lowest BCUT2D eigenvalue weighted by Gasteiger charge is -2.32. The Hall–Kier alpha value is -1.02. The van der Waals surface area contributed by atoms with Gasteiger partial charge in [-0.3, -0.25) is 0 Å². The maximum Gasteiger partial charge on any atom is 0.0764 e. The number of benzene rings is 1. The maximum absolute atomic E-state index is 10.0. The number of hydrogen-bond acceptors (Lipinski definition) is 2. The van der Waals surface area contributed by atoms with E-state index < -0.39 is 0 Å². The standard InChI is InChI=1S/C13H19NO/c1-9(2)13(15)12-8-7-10-5-3-4-6-11(10)14-12/h3-6,9,12-15H,7-8H2,1-2H3. The van der Waals surface area contributed by atoms with Crippen LogP contribution in [0.1, 0.15) is 25.8 Å². The summed E-state index contributed by atoms with van der Waals surface area (Å²) in [5.74, 6) is 0.313. The zero-order valence-corrected chi connectivity index (χ0v) is 9.40. The Morgan fingerprint density at radius 2 is 2.07 bits per heavy atom. The zero-order chi connectivity index (χ0) is 10.8. The first-order chi connectivity index (χ1) is 7.18. The highest BCUT2D eigenvalue weighted by Crippen LogP contribution is 2.27. The first-order valence-electron chi connectivity index (χ1n) is 5.71. The fraction of sp³-hybridized carbons (Fsp3) is 0.538. The summed E-state index contributed by atoms with van der Waals surface area (Å²) in [7, 11) is 0. The number of rotatable bonds is 2. The third-order valence-electron chi connectivity index (χ3n) is 3.18. The van der Waals surface area contributed by atoms with Gasteiger partial charge >= 0.3 is 0 Å². The van der Waals surface area contributed by atoms with Crippen LogP contribution in [-0.2, 0) is 6.42 Å². The minimum atomic E-state index is -0.252. The van der Waals surface area contributed by atoms with Gasteiger partial charge in [0.15, 0.2) is 0 Å². The maximum atomic E-state index is 10.0. The second kappa shape index (κ2) is 4.23. The largest absolute Gasteiger partial charge is 0.391 e. The summed E-state index contributed by atoms with van der Waals surface area (Å²) in [6, 6.07) is 8.56. The minimum absolute atomic E-state index is 0.208. The average molecular weight is 205 g/mol. The summed E-state index contributed by atoms with van der Waals surface area (Å²) in [5.41, 5.74) is 2.55. The highest BCUT2D eigenvalue weighted by Gasteiger charge is 2.25. The number of anilines is 1. The minimum Gasteiger partial charge on any atom is -0.391 e. The van der Waals surface area contributed by atoms with Crippen LogP contribution in [0.15, 0.2) is 24.3 Å². The van der Waals surface area contributed by atoms with Crippen molar-refractivity contribution in [2.24, 2.45) is 5.92 Å². The topological polar surface area (TPSA) is 32.3 Å². The van der Waals surface area contributed by atoms with Crippen LogP contribution in [0.5, 0.6) is 0 Å². The van der Waals surface area contributed by atoms with Crippen molar-refractivity contribution in [3.8, 4) is 0 Å². The van der Waals surface area contributed by atoms with E-state index >= 15 is 0 Å². The summed E-state index contributed by atoms with van der Waals surface area (Å²) in [6.45, 7) is 4.12. The summed E-state index contributed by atoms with van der Waals surface area (Å²) in [5, 5.41) is 13.4. The number of nitrogens with one attached hydrogen (secondary N) is 1. The van der Waals surface area contributed by atoms with Crippen LogP contribution >= 0.6 is 0 Å². The van der Waals surface area contributed by atoms with Gasteiger partial charge in [0.05, 0.1) is 12.1 Å². The van der Waals surface area contributed by atoms with Gasteiger partial charge in [0.25, 0.3) is 0 Å². The molecule has 0 saturated carbocycles. The van der Waals surface area contributed by atoms with Crippen LogP contribution in [0.25, 0.3) is 0 Å². The monoisotopic (exact) mass is 205 g/mol. The second-order valence-corrected chi connectivity index (χ2v) is 4.68. The van der Waals surface area contributed by atoms with Crippen LogP contribution < -0.4 is 5.32 Å². The highest BCUT2D eigenvalue weighted by atomic mass is 16.3. The quantitative estimate of drug-likeness (QED) is 0.777. The van der Waals surface area contributed by atoms with Gasteiger partial charge in [-0.25, -0.2) is 0 Å². The molecule has 2 nitrogen and oxygen atoms in total. The number of fused-ring (bicyclic) bond motifs is 1. The fourth-order valence-electron chi connectivity index (χ4n) is 2.18. The van der Waals surface area contributed by atoms with Gasteiger partial charge in [-0.1, -0.05) is 32.0 Å². The molecule has 2 atom stereocenters. The molecule has 0 fully saturated rings. The van der Waals surface area contributed by atoms with E-state index in [1.807, 2.05) is 6.07 Å². The SMILES string of the molecule is CC(C)C(O)C1CCc2ccccc2N1. The molecule has 2 heteroatoms. The molecule has 2 N–H and O–H groups in total. The fourth-order valence-corrected chi connectivity index (χ4v) is 2.18. The third kappa shape index (κ3) is 2.15. The van der Waals surface area contributed by atoms with Crippen molar-refractivity contribution < 1.29 is 5.11 Å². The number of aryl methyl sites for hydroxylation is 1. The molecule has 82 valence electrons. The Balaban J connectivity index is 2.12. The molecule has 0 aromatic heterocycles. The van der Waals surface area contributed by atoms with Crippen LogP contribution in [0.4, 0.5) is 5.69 Å². The van der Waals surface area contributed by atoms with E-state index in [2.05, 4.69) is 37.4 Å². The Morgan fingerprint density at radius 1 is 1.33 bits per heavy atom. The van der Waals surface area contributed by atoms with Crippen molar-refractivity contribution in [3.05, 3.63) is 29.8 Å². The highest BCUT2D eigenvalue weighted by molar-refractivity contribution is 5.53. The van der Waals surface area contributed by atoms with Gasteiger partial charge in [0.2, 0.25) is 0 Å². The lowest BCUT2D eigenvalue weighted by Crippen LogP contribution is -2.39. The van der Waals surface area contributed by atoms with E-state index in [-0.39, 0.29) is 12.1 Å². The molecule has 0 amide bonds. The molecule has 0 spiro atoms. The van der Waals surface area contributed by atoms with Gasteiger partial charge in [-0.2, -0.15) is 0 Å². The lowest BCUT2D eigenvalue weighted by atomic mass is 9.90. The second-order valence-electron chi connectivity index (χ2n) is 4.68. The third-order valence-corrected chi connectivity index (χ3v) is 3.18. The number of hydrogen-bond donors (Lipinski definition) is 2. The molecule has 0 aliphatic carbocycles. The molecule has 2 rings (SSSR count). The molecule has 0 saturated heterocycles. The lowest BCUT2D eigenvalue weighted by molar-refractivity contribution is 0.101. The summed E-state index contributed by atoms with van der Waals surface area (Å²) in [6.07, 6.45) is 1.84. The molecule has 2 unspecified atom stereocenters. The van der Waals surface area contributed by atoms with Crippen molar-refractivity contribution in [1.82, 2.24) is 0 Å². The van der Waals surface area contributed by atoms with Crippen molar-refractivity contribution in [2.75, 3.05) is 5.32 Å². The van der Waals surface area contributed by atoms with E-state index in [0.29, 0.717) is 5.92 Å². The van der Waals surface area contributed by atoms with Crippen LogP contribution in [0, 0.1) is 5.92 Å². The molecular formula is C13H19NO. The van der Waals surface area contributed by atoms with Gasteiger partial charge < -0.3 is 10.4 Å². The van der Waals surface area contributed by atoms with E-state index in [9.17, 15) is 5.11 Å². The number of para-hydroxylation sites is 1. The van der Waals surface area contributed by atoms with Crippen molar-refractivity contribution in [2.45, 2.75) is 38.8 Å². The van der Waals surface area contributed by atoms with Crippen molar-refractivity contribution in [3.63, 3.8) is 0 Å². The number of aliphatic hydroxyl groups is 1. The van der Waals surface area contributed by atoms with E-state index in [1.165, 1.54) is 11.3 Å². The Kier molecular flexibility index (Phi) is 2.96. The molecule has 1 heterocycles. The first-order valence-corrected chi connectivity index (χ1v) is 5.71. The van der Waals surface area contributed by atoms with Crippen LogP contribution in [-0.4, -0.2) is 17.3 Å². The predicted molar refractivity (Wildman–Crippen MR) is 63.0 cm³/mol. The van der Waals surface area contributed by atoms with Gasteiger partial charge in [-0.05, 0) is 30.4 Å². The van der Waals surface area contributed by atoms with Gasteiger partial charge in [0, 0.05) is 5.69 Å². The van der Waals surface area contributed by atoms with Crippen molar-refractivity contribution in [1.29, 1.82) is 0 Å². The van der Waals surface area contributed by atoms with E-state index in [1.54, 1.807) is 0 Å². The normalized spacial score (nSPS) is 22.0. The molecule has 1 aromatic carbocycles. The van der Waals surface area contributed by atoms with Crippen LogP contribution in [0.3, 0.4) is 0 Å². The molecule has 15 heavy (non-hydrogen) atoms. The predicted octanol–water partition coefficient (Wildman–Crippen LogP) is 2.43. The Bertz CT molecular complexity index is 335. The zero-order valence-electron chi connectivity index (χ0n) is 9.40. The molecule has 1 aliphatic heterocycles.